The highest BCUT2D eigenvalue weighted by atomic mass is 19.1. The van der Waals surface area contributed by atoms with Gasteiger partial charge in [0.2, 0.25) is 0 Å². The number of nitrogen functional groups attached to an aromatic ring is 1. The summed E-state index contributed by atoms with van der Waals surface area (Å²) in [6.45, 7) is 5.26. The number of ether oxygens (including phenoxy) is 1. The monoisotopic (exact) mass is 540 g/mol. The average molecular weight is 541 g/mol. The number of nitrogens with zero attached hydrogens (tertiary/aromatic N) is 3. The summed E-state index contributed by atoms with van der Waals surface area (Å²) in [4.78, 5) is 21.3. The standard InChI is InChI=1S/C28H31F3N6O2/c1-16-10-17(32)15-37(14-16)24-4-5-34-13-23(24)35-28(38)26-22(33)3-2-19(27(26)31)25-20(29)11-18(12-21(25)30)36-6-8-39-9-7-36/h2-5,11-13,16-17H,6-10,14-15,32-33H2,1H3,(H,35,38)/t16-,17+/m1/s1. The summed E-state index contributed by atoms with van der Waals surface area (Å²) in [5.74, 6) is -3.53. The Bertz CT molecular complexity index is 1350. The zero-order valence-electron chi connectivity index (χ0n) is 21.6. The summed E-state index contributed by atoms with van der Waals surface area (Å²) in [5, 5.41) is 2.69. The molecule has 1 aromatic heterocycles. The van der Waals surface area contributed by atoms with E-state index in [4.69, 9.17) is 16.2 Å². The van der Waals surface area contributed by atoms with Crippen LogP contribution in [0.2, 0.25) is 0 Å². The van der Waals surface area contributed by atoms with Gasteiger partial charge in [0, 0.05) is 55.4 Å². The van der Waals surface area contributed by atoms with Crippen LogP contribution in [-0.2, 0) is 4.74 Å². The van der Waals surface area contributed by atoms with Gasteiger partial charge in [-0.25, -0.2) is 13.2 Å². The molecule has 3 aromatic rings. The van der Waals surface area contributed by atoms with Gasteiger partial charge in [0.1, 0.15) is 17.5 Å². The highest BCUT2D eigenvalue weighted by molar-refractivity contribution is 6.10. The number of carbonyl (C=O) groups excluding carboxylic acids is 1. The minimum Gasteiger partial charge on any atom is -0.398 e. The summed E-state index contributed by atoms with van der Waals surface area (Å²) in [6.07, 6.45) is 3.94. The number of aromatic nitrogens is 1. The molecular weight excluding hydrogens is 509 g/mol. The van der Waals surface area contributed by atoms with Crippen molar-refractivity contribution in [2.24, 2.45) is 11.7 Å². The van der Waals surface area contributed by atoms with Crippen molar-refractivity contribution in [3.63, 3.8) is 0 Å². The fourth-order valence-corrected chi connectivity index (χ4v) is 5.38. The largest absolute Gasteiger partial charge is 0.398 e. The summed E-state index contributed by atoms with van der Waals surface area (Å²) < 4.78 is 51.5. The number of amides is 1. The number of piperidine rings is 1. The van der Waals surface area contributed by atoms with Crippen LogP contribution in [0.5, 0.6) is 0 Å². The molecule has 0 saturated carbocycles. The van der Waals surface area contributed by atoms with E-state index < -0.39 is 40.0 Å². The Morgan fingerprint density at radius 2 is 1.79 bits per heavy atom. The van der Waals surface area contributed by atoms with E-state index in [2.05, 4.69) is 17.2 Å². The molecule has 5 rings (SSSR count). The van der Waals surface area contributed by atoms with Crippen molar-refractivity contribution < 1.29 is 22.7 Å². The van der Waals surface area contributed by atoms with Crippen LogP contribution in [0.3, 0.4) is 0 Å². The second kappa shape index (κ2) is 11.1. The van der Waals surface area contributed by atoms with Crippen molar-refractivity contribution in [1.82, 2.24) is 4.98 Å². The summed E-state index contributed by atoms with van der Waals surface area (Å²) in [5.41, 5.74) is 11.9. The maximum absolute atomic E-state index is 15.8. The molecule has 206 valence electrons. The minimum atomic E-state index is -1.12. The Morgan fingerprint density at radius 3 is 2.49 bits per heavy atom. The van der Waals surface area contributed by atoms with E-state index in [1.807, 2.05) is 4.90 Å². The molecule has 2 atom stereocenters. The zero-order valence-corrected chi connectivity index (χ0v) is 21.6. The van der Waals surface area contributed by atoms with Crippen LogP contribution in [0.15, 0.2) is 42.7 Å². The van der Waals surface area contributed by atoms with E-state index >= 15 is 13.2 Å². The van der Waals surface area contributed by atoms with E-state index in [1.54, 1.807) is 17.2 Å². The SMILES string of the molecule is C[C@@H]1C[C@H](N)CN(c2ccncc2NC(=O)c2c(N)ccc(-c3c(F)cc(N4CCOCC4)cc3F)c2F)C1. The molecule has 3 heterocycles. The third-order valence-electron chi connectivity index (χ3n) is 7.15. The van der Waals surface area contributed by atoms with Crippen molar-refractivity contribution in [2.45, 2.75) is 19.4 Å². The van der Waals surface area contributed by atoms with Crippen LogP contribution >= 0.6 is 0 Å². The molecular formula is C28H31F3N6O2. The molecule has 2 aromatic carbocycles. The molecule has 0 spiro atoms. The molecule has 1 amide bonds. The van der Waals surface area contributed by atoms with Gasteiger partial charge < -0.3 is 31.3 Å². The number of nitrogens with two attached hydrogens (primary N) is 2. The predicted octanol–water partition coefficient (Wildman–Crippen LogP) is 4.01. The highest BCUT2D eigenvalue weighted by Gasteiger charge is 2.27. The molecule has 2 aliphatic rings. The highest BCUT2D eigenvalue weighted by Crippen LogP contribution is 2.36. The number of carbonyl (C=O) groups is 1. The van der Waals surface area contributed by atoms with Gasteiger partial charge in [-0.3, -0.25) is 9.78 Å². The molecule has 8 nitrogen and oxygen atoms in total. The molecule has 5 N–H and O–H groups in total. The Balaban J connectivity index is 1.46. The quantitative estimate of drug-likeness (QED) is 0.420. The summed E-state index contributed by atoms with van der Waals surface area (Å²) in [6, 6.07) is 6.46. The van der Waals surface area contributed by atoms with E-state index in [0.29, 0.717) is 55.8 Å². The fourth-order valence-electron chi connectivity index (χ4n) is 5.38. The van der Waals surface area contributed by atoms with Gasteiger partial charge in [-0.15, -0.1) is 0 Å². The minimum absolute atomic E-state index is 0.0327. The van der Waals surface area contributed by atoms with E-state index in [0.717, 1.165) is 25.1 Å². The van der Waals surface area contributed by atoms with E-state index in [9.17, 15) is 4.79 Å². The lowest BCUT2D eigenvalue weighted by molar-refractivity contribution is 0.102. The second-order valence-electron chi connectivity index (χ2n) is 10.1. The number of nitrogens with one attached hydrogen (secondary N) is 1. The number of morpholine rings is 1. The molecule has 2 saturated heterocycles. The third-order valence-corrected chi connectivity index (χ3v) is 7.15. The molecule has 0 bridgehead atoms. The van der Waals surface area contributed by atoms with Gasteiger partial charge in [0.25, 0.3) is 5.91 Å². The number of hydrogen-bond donors (Lipinski definition) is 3. The van der Waals surface area contributed by atoms with E-state index in [1.165, 1.54) is 18.3 Å². The maximum atomic E-state index is 15.8. The second-order valence-corrected chi connectivity index (χ2v) is 10.1. The van der Waals surface area contributed by atoms with Gasteiger partial charge in [0.15, 0.2) is 0 Å². The van der Waals surface area contributed by atoms with Gasteiger partial charge >= 0.3 is 0 Å². The molecule has 2 fully saturated rings. The van der Waals surface area contributed by atoms with Crippen molar-refractivity contribution in [2.75, 3.05) is 60.2 Å². The fraction of sp³-hybridized carbons (Fsp3) is 0.357. The Labute approximate surface area is 224 Å². The molecule has 11 heteroatoms. The van der Waals surface area contributed by atoms with Crippen LogP contribution < -0.4 is 26.6 Å². The van der Waals surface area contributed by atoms with Gasteiger partial charge in [0.05, 0.1) is 41.9 Å². The van der Waals surface area contributed by atoms with E-state index in [-0.39, 0.29) is 11.7 Å². The van der Waals surface area contributed by atoms with Gasteiger partial charge in [-0.2, -0.15) is 0 Å². The van der Waals surface area contributed by atoms with Crippen LogP contribution in [0.4, 0.5) is 35.9 Å². The third kappa shape index (κ3) is 5.50. The molecule has 2 aliphatic heterocycles. The topological polar surface area (TPSA) is 110 Å². The van der Waals surface area contributed by atoms with Gasteiger partial charge in [-0.05, 0) is 42.7 Å². The lowest BCUT2D eigenvalue weighted by Gasteiger charge is -2.37. The van der Waals surface area contributed by atoms with Crippen LogP contribution in [0.1, 0.15) is 23.7 Å². The first-order valence-electron chi connectivity index (χ1n) is 12.9. The Hall–Kier alpha value is -3.83. The smallest absolute Gasteiger partial charge is 0.260 e. The molecule has 39 heavy (non-hydrogen) atoms. The molecule has 0 unspecified atom stereocenters. The Kier molecular flexibility index (Phi) is 7.62. The zero-order chi connectivity index (χ0) is 27.7. The van der Waals surface area contributed by atoms with Crippen molar-refractivity contribution >= 4 is 28.7 Å². The number of rotatable bonds is 5. The summed E-state index contributed by atoms with van der Waals surface area (Å²) in [7, 11) is 0. The number of anilines is 4. The Morgan fingerprint density at radius 1 is 1.08 bits per heavy atom. The van der Waals surface area contributed by atoms with Crippen LogP contribution in [0.25, 0.3) is 11.1 Å². The lowest BCUT2D eigenvalue weighted by Crippen LogP contribution is -2.46. The number of halogens is 3. The van der Waals surface area contributed by atoms with Crippen LogP contribution in [0, 0.1) is 23.4 Å². The molecule has 0 radical (unpaired) electrons. The first-order valence-corrected chi connectivity index (χ1v) is 12.9. The predicted molar refractivity (Wildman–Crippen MR) is 145 cm³/mol. The first kappa shape index (κ1) is 26.8. The first-order chi connectivity index (χ1) is 18.7. The van der Waals surface area contributed by atoms with Crippen molar-refractivity contribution in [3.8, 4) is 11.1 Å². The van der Waals surface area contributed by atoms with Crippen molar-refractivity contribution in [1.29, 1.82) is 0 Å². The van der Waals surface area contributed by atoms with Crippen molar-refractivity contribution in [3.05, 3.63) is 65.7 Å². The average Bonchev–Trinajstić information content (AvgIpc) is 2.90. The maximum Gasteiger partial charge on any atom is 0.260 e. The number of pyridine rings is 1. The summed E-state index contributed by atoms with van der Waals surface area (Å²) >= 11 is 0. The number of hydrogen-bond acceptors (Lipinski definition) is 7. The lowest BCUT2D eigenvalue weighted by atomic mass is 9.96. The normalized spacial score (nSPS) is 19.7. The number of benzene rings is 2. The molecule has 0 aliphatic carbocycles. The van der Waals surface area contributed by atoms with Gasteiger partial charge in [-0.1, -0.05) is 6.92 Å². The van der Waals surface area contributed by atoms with Crippen LogP contribution in [-0.4, -0.2) is 56.3 Å².